The molecule has 0 radical (unpaired) electrons. The summed E-state index contributed by atoms with van der Waals surface area (Å²) in [7, 11) is 0. The fraction of sp³-hybridized carbons (Fsp3) is 0.150. The Kier molecular flexibility index (Phi) is 5.24. The van der Waals surface area contributed by atoms with Gasteiger partial charge in [-0.05, 0) is 61.9 Å². The topological polar surface area (TPSA) is 51.5 Å². The molecule has 0 fully saturated rings. The smallest absolute Gasteiger partial charge is 0.291 e. The Bertz CT molecular complexity index is 884. The van der Waals surface area contributed by atoms with E-state index in [4.69, 9.17) is 9.15 Å². The number of carbonyl (C=O) groups excluding carboxylic acids is 1. The van der Waals surface area contributed by atoms with Crippen LogP contribution < -0.4 is 10.1 Å². The Labute approximate surface area is 154 Å². The molecule has 0 aliphatic heterocycles. The van der Waals surface area contributed by atoms with Crippen molar-refractivity contribution in [3.8, 4) is 5.75 Å². The molecular formula is C20H18BrNO3. The molecule has 25 heavy (non-hydrogen) atoms. The maximum absolute atomic E-state index is 12.3. The van der Waals surface area contributed by atoms with E-state index < -0.39 is 0 Å². The number of rotatable bonds is 5. The van der Waals surface area contributed by atoms with Crippen LogP contribution in [0.3, 0.4) is 0 Å². The molecule has 5 heteroatoms. The molecule has 0 unspecified atom stereocenters. The quantitative estimate of drug-likeness (QED) is 0.616. The van der Waals surface area contributed by atoms with Crippen LogP contribution in [0.15, 0.2) is 63.5 Å². The molecule has 0 aliphatic carbocycles. The minimum atomic E-state index is -0.276. The summed E-state index contributed by atoms with van der Waals surface area (Å²) in [4.78, 5) is 12.3. The second kappa shape index (κ2) is 7.57. The third kappa shape index (κ3) is 4.51. The largest absolute Gasteiger partial charge is 0.486 e. The number of hydrogen-bond donors (Lipinski definition) is 1. The summed E-state index contributed by atoms with van der Waals surface area (Å²) in [6.45, 7) is 4.24. The van der Waals surface area contributed by atoms with E-state index >= 15 is 0 Å². The van der Waals surface area contributed by atoms with Crippen molar-refractivity contribution in [2.24, 2.45) is 0 Å². The van der Waals surface area contributed by atoms with E-state index in [0.29, 0.717) is 5.76 Å². The number of hydrogen-bond acceptors (Lipinski definition) is 3. The number of anilines is 1. The average Bonchev–Trinajstić information content (AvgIpc) is 3.06. The first-order valence-corrected chi connectivity index (χ1v) is 8.66. The molecule has 0 aliphatic rings. The minimum absolute atomic E-state index is 0.259. The minimum Gasteiger partial charge on any atom is -0.486 e. The van der Waals surface area contributed by atoms with Crippen LogP contribution >= 0.6 is 15.9 Å². The second-order valence-corrected chi connectivity index (χ2v) is 6.70. The van der Waals surface area contributed by atoms with Crippen molar-refractivity contribution in [1.82, 2.24) is 0 Å². The maximum Gasteiger partial charge on any atom is 0.291 e. The fourth-order valence-corrected chi connectivity index (χ4v) is 2.66. The molecule has 1 heterocycles. The van der Waals surface area contributed by atoms with Crippen LogP contribution in [0.2, 0.25) is 0 Å². The molecule has 0 saturated carbocycles. The average molecular weight is 400 g/mol. The third-order valence-corrected chi connectivity index (χ3v) is 4.24. The van der Waals surface area contributed by atoms with Gasteiger partial charge in [-0.25, -0.2) is 0 Å². The van der Waals surface area contributed by atoms with Gasteiger partial charge in [0.05, 0.1) is 0 Å². The molecule has 4 nitrogen and oxygen atoms in total. The predicted molar refractivity (Wildman–Crippen MR) is 101 cm³/mol. The van der Waals surface area contributed by atoms with E-state index in [2.05, 4.69) is 21.2 Å². The Morgan fingerprint density at radius 1 is 1.08 bits per heavy atom. The fourth-order valence-electron chi connectivity index (χ4n) is 2.40. The van der Waals surface area contributed by atoms with Gasteiger partial charge in [0.15, 0.2) is 5.76 Å². The van der Waals surface area contributed by atoms with Crippen molar-refractivity contribution in [2.45, 2.75) is 20.5 Å². The van der Waals surface area contributed by atoms with Gasteiger partial charge in [-0.1, -0.05) is 33.6 Å². The lowest BCUT2D eigenvalue weighted by Crippen LogP contribution is -2.11. The molecule has 0 atom stereocenters. The van der Waals surface area contributed by atoms with Gasteiger partial charge >= 0.3 is 0 Å². The molecule has 3 aromatic rings. The summed E-state index contributed by atoms with van der Waals surface area (Å²) in [5.41, 5.74) is 2.94. The number of nitrogens with one attached hydrogen (secondary N) is 1. The second-order valence-electron chi connectivity index (χ2n) is 5.78. The van der Waals surface area contributed by atoms with E-state index in [9.17, 15) is 4.79 Å². The van der Waals surface area contributed by atoms with Gasteiger partial charge in [0, 0.05) is 10.2 Å². The number of aryl methyl sites for hydroxylation is 2. The van der Waals surface area contributed by atoms with E-state index in [-0.39, 0.29) is 18.3 Å². The van der Waals surface area contributed by atoms with Crippen LogP contribution in [0, 0.1) is 13.8 Å². The molecule has 0 bridgehead atoms. The zero-order valence-corrected chi connectivity index (χ0v) is 15.6. The third-order valence-electron chi connectivity index (χ3n) is 3.71. The van der Waals surface area contributed by atoms with Crippen molar-refractivity contribution >= 4 is 27.5 Å². The Morgan fingerprint density at radius 2 is 1.84 bits per heavy atom. The van der Waals surface area contributed by atoms with Gasteiger partial charge in [0.1, 0.15) is 18.1 Å². The SMILES string of the molecule is Cc1ccc(NC(=O)c2ccc(COc3ccc(Br)cc3)o2)c(C)c1. The summed E-state index contributed by atoms with van der Waals surface area (Å²) in [6, 6.07) is 16.8. The first kappa shape index (κ1) is 17.3. The highest BCUT2D eigenvalue weighted by atomic mass is 79.9. The molecule has 1 amide bonds. The summed E-state index contributed by atoms with van der Waals surface area (Å²) in [6.07, 6.45) is 0. The summed E-state index contributed by atoms with van der Waals surface area (Å²) in [5, 5.41) is 2.87. The van der Waals surface area contributed by atoms with Crippen molar-refractivity contribution < 1.29 is 13.9 Å². The highest BCUT2D eigenvalue weighted by Gasteiger charge is 2.13. The van der Waals surface area contributed by atoms with E-state index in [1.165, 1.54) is 0 Å². The van der Waals surface area contributed by atoms with Crippen LogP contribution in [0.4, 0.5) is 5.69 Å². The van der Waals surface area contributed by atoms with E-state index in [1.807, 2.05) is 56.3 Å². The predicted octanol–water partition coefficient (Wildman–Crippen LogP) is 5.49. The molecule has 3 rings (SSSR count). The van der Waals surface area contributed by atoms with Crippen molar-refractivity contribution in [3.63, 3.8) is 0 Å². The van der Waals surface area contributed by atoms with E-state index in [0.717, 1.165) is 27.0 Å². The van der Waals surface area contributed by atoms with Crippen molar-refractivity contribution in [1.29, 1.82) is 0 Å². The van der Waals surface area contributed by atoms with Gasteiger partial charge in [-0.15, -0.1) is 0 Å². The first-order chi connectivity index (χ1) is 12.0. The lowest BCUT2D eigenvalue weighted by Gasteiger charge is -2.08. The monoisotopic (exact) mass is 399 g/mol. The van der Waals surface area contributed by atoms with Crippen LogP contribution in [0.5, 0.6) is 5.75 Å². The number of amides is 1. The Hall–Kier alpha value is -2.53. The van der Waals surface area contributed by atoms with Crippen LogP contribution in [0.1, 0.15) is 27.4 Å². The zero-order valence-electron chi connectivity index (χ0n) is 14.0. The highest BCUT2D eigenvalue weighted by Crippen LogP contribution is 2.20. The van der Waals surface area contributed by atoms with Crippen LogP contribution in [-0.4, -0.2) is 5.91 Å². The summed E-state index contributed by atoms with van der Waals surface area (Å²) in [5.74, 6) is 1.31. The zero-order chi connectivity index (χ0) is 17.8. The number of halogens is 1. The van der Waals surface area contributed by atoms with Crippen molar-refractivity contribution in [3.05, 3.63) is 81.7 Å². The number of ether oxygens (including phenoxy) is 1. The first-order valence-electron chi connectivity index (χ1n) is 7.87. The molecule has 0 saturated heterocycles. The summed E-state index contributed by atoms with van der Waals surface area (Å²) < 4.78 is 12.2. The molecule has 1 aromatic heterocycles. The van der Waals surface area contributed by atoms with Gasteiger partial charge in [-0.3, -0.25) is 4.79 Å². The van der Waals surface area contributed by atoms with Gasteiger partial charge < -0.3 is 14.5 Å². The number of benzene rings is 2. The van der Waals surface area contributed by atoms with E-state index in [1.54, 1.807) is 12.1 Å². The van der Waals surface area contributed by atoms with Crippen LogP contribution in [-0.2, 0) is 6.61 Å². The number of furan rings is 1. The van der Waals surface area contributed by atoms with Gasteiger partial charge in [0.2, 0.25) is 0 Å². The molecule has 2 aromatic carbocycles. The highest BCUT2D eigenvalue weighted by molar-refractivity contribution is 9.10. The van der Waals surface area contributed by atoms with Gasteiger partial charge in [0.25, 0.3) is 5.91 Å². The lowest BCUT2D eigenvalue weighted by atomic mass is 10.1. The molecule has 1 N–H and O–H groups in total. The standard InChI is InChI=1S/C20H18BrNO3/c1-13-3-9-18(14(2)11-13)22-20(23)19-10-8-17(25-19)12-24-16-6-4-15(21)5-7-16/h3-11H,12H2,1-2H3,(H,22,23). The molecule has 128 valence electrons. The molecule has 0 spiro atoms. The molecular weight excluding hydrogens is 382 g/mol. The summed E-state index contributed by atoms with van der Waals surface area (Å²) >= 11 is 3.38. The normalized spacial score (nSPS) is 10.5. The lowest BCUT2D eigenvalue weighted by molar-refractivity contribution is 0.0992. The van der Waals surface area contributed by atoms with Crippen molar-refractivity contribution in [2.75, 3.05) is 5.32 Å². The number of carbonyl (C=O) groups is 1. The maximum atomic E-state index is 12.3. The van der Waals surface area contributed by atoms with Gasteiger partial charge in [-0.2, -0.15) is 0 Å². The van der Waals surface area contributed by atoms with Crippen LogP contribution in [0.25, 0.3) is 0 Å². The Morgan fingerprint density at radius 3 is 2.56 bits per heavy atom. The Balaban J connectivity index is 1.62.